The third-order valence-corrected chi connectivity index (χ3v) is 4.28. The predicted octanol–water partition coefficient (Wildman–Crippen LogP) is 3.99. The van der Waals surface area contributed by atoms with Gasteiger partial charge in [-0.15, -0.1) is 0 Å². The van der Waals surface area contributed by atoms with Crippen LogP contribution in [-0.4, -0.2) is 20.7 Å². The molecule has 0 aliphatic heterocycles. The lowest BCUT2D eigenvalue weighted by Crippen LogP contribution is -2.12. The summed E-state index contributed by atoms with van der Waals surface area (Å²) in [6.07, 6.45) is 0. The lowest BCUT2D eigenvalue weighted by molar-refractivity contribution is 0.102. The summed E-state index contributed by atoms with van der Waals surface area (Å²) in [6.45, 7) is 4.01. The highest BCUT2D eigenvalue weighted by Crippen LogP contribution is 2.26. The summed E-state index contributed by atoms with van der Waals surface area (Å²) < 4.78 is 1.70. The van der Waals surface area contributed by atoms with E-state index in [2.05, 4.69) is 16.5 Å². The first-order chi connectivity index (χ1) is 12.0. The van der Waals surface area contributed by atoms with E-state index in [1.165, 1.54) is 0 Å². The van der Waals surface area contributed by atoms with E-state index >= 15 is 0 Å². The molecule has 4 rings (SSSR count). The van der Waals surface area contributed by atoms with E-state index in [4.69, 9.17) is 4.98 Å². The summed E-state index contributed by atoms with van der Waals surface area (Å²) in [5, 5.41) is 9.22. The van der Waals surface area contributed by atoms with Gasteiger partial charge in [0.1, 0.15) is 0 Å². The number of benzene rings is 2. The molecule has 2 aromatic carbocycles. The van der Waals surface area contributed by atoms with Crippen molar-refractivity contribution in [3.63, 3.8) is 0 Å². The van der Waals surface area contributed by atoms with Crippen LogP contribution in [0.3, 0.4) is 0 Å². The van der Waals surface area contributed by atoms with Crippen molar-refractivity contribution in [2.24, 2.45) is 7.05 Å². The molecule has 0 saturated carbocycles. The molecular weight excluding hydrogens is 312 g/mol. The highest BCUT2D eigenvalue weighted by molar-refractivity contribution is 6.08. The van der Waals surface area contributed by atoms with Crippen LogP contribution in [0.25, 0.3) is 21.9 Å². The van der Waals surface area contributed by atoms with E-state index in [1.807, 2.05) is 57.3 Å². The van der Waals surface area contributed by atoms with Crippen molar-refractivity contribution >= 4 is 33.7 Å². The van der Waals surface area contributed by atoms with Gasteiger partial charge in [-0.25, -0.2) is 9.67 Å². The number of rotatable bonds is 2. The van der Waals surface area contributed by atoms with Crippen molar-refractivity contribution in [2.45, 2.75) is 13.8 Å². The fourth-order valence-electron chi connectivity index (χ4n) is 3.00. The smallest absolute Gasteiger partial charge is 0.256 e. The number of carbonyl (C=O) groups is 1. The Bertz CT molecular complexity index is 1130. The summed E-state index contributed by atoms with van der Waals surface area (Å²) in [4.78, 5) is 17.2. The zero-order valence-corrected chi connectivity index (χ0v) is 14.4. The third kappa shape index (κ3) is 2.74. The van der Waals surface area contributed by atoms with E-state index in [-0.39, 0.29) is 5.91 Å². The fourth-order valence-corrected chi connectivity index (χ4v) is 3.00. The van der Waals surface area contributed by atoms with Gasteiger partial charge < -0.3 is 5.32 Å². The average molecular weight is 330 g/mol. The first-order valence-corrected chi connectivity index (χ1v) is 8.13. The molecule has 0 aliphatic carbocycles. The van der Waals surface area contributed by atoms with Gasteiger partial charge in [0.2, 0.25) is 0 Å². The van der Waals surface area contributed by atoms with Crippen LogP contribution in [0.5, 0.6) is 0 Å². The number of amides is 1. The first kappa shape index (κ1) is 15.3. The number of pyridine rings is 1. The number of aromatic nitrogens is 3. The second kappa shape index (κ2) is 5.70. The molecule has 0 fully saturated rings. The number of anilines is 1. The Hall–Kier alpha value is -3.21. The molecule has 5 nitrogen and oxygen atoms in total. The number of nitrogens with zero attached hydrogens (tertiary/aromatic N) is 3. The number of fused-ring (bicyclic) bond motifs is 2. The van der Waals surface area contributed by atoms with Crippen molar-refractivity contribution in [2.75, 3.05) is 5.32 Å². The van der Waals surface area contributed by atoms with Crippen molar-refractivity contribution in [3.05, 3.63) is 65.2 Å². The maximum Gasteiger partial charge on any atom is 0.256 e. The molecule has 2 aromatic heterocycles. The minimum atomic E-state index is -0.173. The van der Waals surface area contributed by atoms with Crippen LogP contribution in [0.4, 0.5) is 5.82 Å². The van der Waals surface area contributed by atoms with Crippen LogP contribution in [0.1, 0.15) is 21.5 Å². The number of aryl methyl sites for hydroxylation is 3. The molecule has 0 bridgehead atoms. The van der Waals surface area contributed by atoms with E-state index in [0.717, 1.165) is 33.1 Å². The SMILES string of the molecule is Cc1cccc(C(=O)Nc2nn(C)c3nc4cc(C)ccc4cc23)c1. The van der Waals surface area contributed by atoms with Gasteiger partial charge in [-0.3, -0.25) is 4.79 Å². The fraction of sp³-hybridized carbons (Fsp3) is 0.150. The van der Waals surface area contributed by atoms with Gasteiger partial charge >= 0.3 is 0 Å². The highest BCUT2D eigenvalue weighted by Gasteiger charge is 2.15. The Morgan fingerprint density at radius 1 is 1.04 bits per heavy atom. The maximum atomic E-state index is 12.5. The second-order valence-corrected chi connectivity index (χ2v) is 6.35. The second-order valence-electron chi connectivity index (χ2n) is 6.35. The Morgan fingerprint density at radius 3 is 2.64 bits per heavy atom. The molecule has 0 spiro atoms. The number of carbonyl (C=O) groups excluding carboxylic acids is 1. The van der Waals surface area contributed by atoms with Crippen LogP contribution >= 0.6 is 0 Å². The highest BCUT2D eigenvalue weighted by atomic mass is 16.1. The van der Waals surface area contributed by atoms with E-state index in [0.29, 0.717) is 11.4 Å². The van der Waals surface area contributed by atoms with Crippen molar-refractivity contribution in [1.29, 1.82) is 0 Å². The normalized spacial score (nSPS) is 11.2. The van der Waals surface area contributed by atoms with Gasteiger partial charge in [0.15, 0.2) is 11.5 Å². The zero-order valence-electron chi connectivity index (χ0n) is 14.4. The standard InChI is InChI=1S/C20H18N4O/c1-12-5-4-6-15(9-12)20(25)22-18-16-11-14-8-7-13(2)10-17(14)21-19(16)24(3)23-18/h4-11H,1-3H3,(H,22,23,25). The number of nitrogens with one attached hydrogen (secondary N) is 1. The topological polar surface area (TPSA) is 59.8 Å². The van der Waals surface area contributed by atoms with E-state index in [1.54, 1.807) is 10.7 Å². The van der Waals surface area contributed by atoms with Crippen molar-refractivity contribution in [1.82, 2.24) is 14.8 Å². The summed E-state index contributed by atoms with van der Waals surface area (Å²) in [5.41, 5.74) is 4.49. The summed E-state index contributed by atoms with van der Waals surface area (Å²) in [7, 11) is 1.83. The van der Waals surface area contributed by atoms with Crippen LogP contribution in [-0.2, 0) is 7.05 Å². The Morgan fingerprint density at radius 2 is 1.84 bits per heavy atom. The zero-order chi connectivity index (χ0) is 17.6. The first-order valence-electron chi connectivity index (χ1n) is 8.13. The molecule has 0 atom stereocenters. The molecule has 124 valence electrons. The molecule has 2 heterocycles. The van der Waals surface area contributed by atoms with Crippen molar-refractivity contribution < 1.29 is 4.79 Å². The van der Waals surface area contributed by atoms with E-state index < -0.39 is 0 Å². The number of hydrogen-bond acceptors (Lipinski definition) is 3. The Balaban J connectivity index is 1.79. The summed E-state index contributed by atoms with van der Waals surface area (Å²) in [5.74, 6) is 0.353. The molecule has 1 N–H and O–H groups in total. The minimum Gasteiger partial charge on any atom is -0.305 e. The number of hydrogen-bond donors (Lipinski definition) is 1. The maximum absolute atomic E-state index is 12.5. The Kier molecular flexibility index (Phi) is 3.50. The molecule has 0 radical (unpaired) electrons. The van der Waals surface area contributed by atoms with Gasteiger partial charge in [-0.1, -0.05) is 29.8 Å². The van der Waals surface area contributed by atoms with Crippen molar-refractivity contribution in [3.8, 4) is 0 Å². The average Bonchev–Trinajstić information content (AvgIpc) is 2.88. The lowest BCUT2D eigenvalue weighted by atomic mass is 10.1. The van der Waals surface area contributed by atoms with Crippen LogP contribution in [0.15, 0.2) is 48.5 Å². The monoisotopic (exact) mass is 330 g/mol. The molecule has 25 heavy (non-hydrogen) atoms. The van der Waals surface area contributed by atoms with Gasteiger partial charge in [-0.05, 0) is 43.7 Å². The molecule has 0 unspecified atom stereocenters. The van der Waals surface area contributed by atoms with Crippen LogP contribution in [0, 0.1) is 13.8 Å². The molecule has 0 aliphatic rings. The largest absolute Gasteiger partial charge is 0.305 e. The molecule has 5 heteroatoms. The molecule has 4 aromatic rings. The Labute approximate surface area is 145 Å². The lowest BCUT2D eigenvalue weighted by Gasteiger charge is -2.04. The van der Waals surface area contributed by atoms with Gasteiger partial charge in [0, 0.05) is 18.0 Å². The van der Waals surface area contributed by atoms with Crippen LogP contribution < -0.4 is 5.32 Å². The van der Waals surface area contributed by atoms with Gasteiger partial charge in [-0.2, -0.15) is 5.10 Å². The molecule has 0 saturated heterocycles. The van der Waals surface area contributed by atoms with E-state index in [9.17, 15) is 4.79 Å². The quantitative estimate of drug-likeness (QED) is 0.604. The summed E-state index contributed by atoms with van der Waals surface area (Å²) in [6, 6.07) is 15.7. The molecular formula is C20H18N4O. The van der Waals surface area contributed by atoms with Gasteiger partial charge in [0.05, 0.1) is 10.9 Å². The third-order valence-electron chi connectivity index (χ3n) is 4.28. The van der Waals surface area contributed by atoms with Gasteiger partial charge in [0.25, 0.3) is 5.91 Å². The molecule has 1 amide bonds. The van der Waals surface area contributed by atoms with Crippen LogP contribution in [0.2, 0.25) is 0 Å². The minimum absolute atomic E-state index is 0.173. The predicted molar refractivity (Wildman–Crippen MR) is 99.9 cm³/mol. The summed E-state index contributed by atoms with van der Waals surface area (Å²) >= 11 is 0.